The zero-order valence-corrected chi connectivity index (χ0v) is 15.7. The molecule has 7 heteroatoms. The van der Waals surface area contributed by atoms with E-state index >= 15 is 0 Å². The number of nitrogens with one attached hydrogen (secondary N) is 1. The second-order valence-electron chi connectivity index (χ2n) is 7.24. The summed E-state index contributed by atoms with van der Waals surface area (Å²) >= 11 is 0. The normalized spacial score (nSPS) is 11.4. The van der Waals surface area contributed by atoms with Crippen LogP contribution in [0, 0.1) is 0 Å². The summed E-state index contributed by atoms with van der Waals surface area (Å²) in [5.74, 6) is -1.35. The topological polar surface area (TPSA) is 97.1 Å². The van der Waals surface area contributed by atoms with Crippen molar-refractivity contribution in [1.82, 2.24) is 20.3 Å². The molecular weight excluding hydrogens is 332 g/mol. The quantitative estimate of drug-likeness (QED) is 0.793. The van der Waals surface area contributed by atoms with Gasteiger partial charge in [0.25, 0.3) is 5.91 Å². The van der Waals surface area contributed by atoms with Gasteiger partial charge in [-0.3, -0.25) is 9.59 Å². The molecule has 1 aromatic heterocycles. The number of rotatable bonds is 7. The van der Waals surface area contributed by atoms with Gasteiger partial charge in [0.15, 0.2) is 5.69 Å². The Hall–Kier alpha value is -2.70. The minimum atomic E-state index is -0.957. The number of carbonyl (C=O) groups is 2. The first kappa shape index (κ1) is 19.6. The molecule has 1 heterocycles. The summed E-state index contributed by atoms with van der Waals surface area (Å²) in [6.45, 7) is 8.54. The fourth-order valence-electron chi connectivity index (χ4n) is 2.62. The molecule has 0 aliphatic heterocycles. The molecule has 0 aliphatic carbocycles. The van der Waals surface area contributed by atoms with Gasteiger partial charge in [-0.25, -0.2) is 4.68 Å². The summed E-state index contributed by atoms with van der Waals surface area (Å²) in [5.41, 5.74) is 3.09. The van der Waals surface area contributed by atoms with Gasteiger partial charge in [-0.05, 0) is 29.5 Å². The van der Waals surface area contributed by atoms with Crippen LogP contribution >= 0.6 is 0 Å². The SMILES string of the molecule is CCCc1c(C(=O)NCCC(=O)O)nnn1-c1ccc(C(C)(C)C)cc1. The molecule has 140 valence electrons. The largest absolute Gasteiger partial charge is 0.481 e. The molecule has 0 fully saturated rings. The fraction of sp³-hybridized carbons (Fsp3) is 0.474. The van der Waals surface area contributed by atoms with Gasteiger partial charge in [-0.2, -0.15) is 0 Å². The Balaban J connectivity index is 2.28. The predicted octanol–water partition coefficient (Wildman–Crippen LogP) is 2.72. The molecule has 26 heavy (non-hydrogen) atoms. The van der Waals surface area contributed by atoms with Crippen molar-refractivity contribution in [3.05, 3.63) is 41.2 Å². The number of benzene rings is 1. The monoisotopic (exact) mass is 358 g/mol. The summed E-state index contributed by atoms with van der Waals surface area (Å²) in [4.78, 5) is 22.9. The van der Waals surface area contributed by atoms with E-state index in [1.54, 1.807) is 4.68 Å². The van der Waals surface area contributed by atoms with Crippen molar-refractivity contribution in [1.29, 1.82) is 0 Å². The van der Waals surface area contributed by atoms with E-state index in [-0.39, 0.29) is 24.1 Å². The van der Waals surface area contributed by atoms with Crippen LogP contribution in [0.25, 0.3) is 5.69 Å². The Kier molecular flexibility index (Phi) is 6.13. The van der Waals surface area contributed by atoms with Gasteiger partial charge in [0.1, 0.15) is 0 Å². The summed E-state index contributed by atoms with van der Waals surface area (Å²) in [6.07, 6.45) is 1.36. The van der Waals surface area contributed by atoms with Crippen LogP contribution in [0.3, 0.4) is 0 Å². The van der Waals surface area contributed by atoms with Crippen molar-refractivity contribution in [3.63, 3.8) is 0 Å². The van der Waals surface area contributed by atoms with E-state index in [4.69, 9.17) is 5.11 Å². The van der Waals surface area contributed by atoms with Crippen LogP contribution in [0.4, 0.5) is 0 Å². The highest BCUT2D eigenvalue weighted by Crippen LogP contribution is 2.24. The maximum atomic E-state index is 12.3. The molecule has 0 saturated carbocycles. The van der Waals surface area contributed by atoms with E-state index < -0.39 is 11.9 Å². The highest BCUT2D eigenvalue weighted by Gasteiger charge is 2.20. The third kappa shape index (κ3) is 4.68. The van der Waals surface area contributed by atoms with Gasteiger partial charge in [-0.15, -0.1) is 5.10 Å². The highest BCUT2D eigenvalue weighted by molar-refractivity contribution is 5.93. The summed E-state index contributed by atoms with van der Waals surface area (Å²) in [6, 6.07) is 8.06. The minimum absolute atomic E-state index is 0.0579. The lowest BCUT2D eigenvalue weighted by Gasteiger charge is -2.19. The van der Waals surface area contributed by atoms with Crippen LogP contribution in [-0.2, 0) is 16.6 Å². The number of aliphatic carboxylic acids is 1. The third-order valence-corrected chi connectivity index (χ3v) is 4.07. The third-order valence-electron chi connectivity index (χ3n) is 4.07. The number of amides is 1. The van der Waals surface area contributed by atoms with Gasteiger partial charge in [0, 0.05) is 6.54 Å². The second kappa shape index (κ2) is 8.12. The Morgan fingerprint density at radius 1 is 1.19 bits per heavy atom. The summed E-state index contributed by atoms with van der Waals surface area (Å²) in [5, 5.41) is 19.5. The van der Waals surface area contributed by atoms with Crippen molar-refractivity contribution >= 4 is 11.9 Å². The van der Waals surface area contributed by atoms with E-state index in [1.807, 2.05) is 19.1 Å². The number of hydrogen-bond donors (Lipinski definition) is 2. The zero-order chi connectivity index (χ0) is 19.3. The Bertz CT molecular complexity index is 773. The molecule has 0 radical (unpaired) electrons. The molecular formula is C19H26N4O3. The van der Waals surface area contributed by atoms with E-state index in [0.29, 0.717) is 6.42 Å². The number of nitrogens with zero attached hydrogens (tertiary/aromatic N) is 3. The molecule has 0 atom stereocenters. The lowest BCUT2D eigenvalue weighted by molar-refractivity contribution is -0.136. The summed E-state index contributed by atoms with van der Waals surface area (Å²) < 4.78 is 1.68. The van der Waals surface area contributed by atoms with Crippen LogP contribution in [0.5, 0.6) is 0 Å². The molecule has 2 aromatic rings. The van der Waals surface area contributed by atoms with E-state index in [2.05, 4.69) is 48.5 Å². The average Bonchev–Trinajstić information content (AvgIpc) is 2.98. The van der Waals surface area contributed by atoms with E-state index in [0.717, 1.165) is 17.8 Å². The van der Waals surface area contributed by atoms with Gasteiger partial charge in [0.05, 0.1) is 17.8 Å². The number of carbonyl (C=O) groups excluding carboxylic acids is 1. The van der Waals surface area contributed by atoms with Gasteiger partial charge >= 0.3 is 5.97 Å². The van der Waals surface area contributed by atoms with Crippen molar-refractivity contribution in [2.24, 2.45) is 0 Å². The zero-order valence-electron chi connectivity index (χ0n) is 15.7. The van der Waals surface area contributed by atoms with E-state index in [9.17, 15) is 9.59 Å². The predicted molar refractivity (Wildman–Crippen MR) is 98.6 cm³/mol. The van der Waals surface area contributed by atoms with Gasteiger partial charge in [-0.1, -0.05) is 51.5 Å². The lowest BCUT2D eigenvalue weighted by Crippen LogP contribution is -2.27. The molecule has 1 aromatic carbocycles. The minimum Gasteiger partial charge on any atom is -0.481 e. The van der Waals surface area contributed by atoms with Crippen molar-refractivity contribution in [2.75, 3.05) is 6.54 Å². The first-order chi connectivity index (χ1) is 12.2. The average molecular weight is 358 g/mol. The van der Waals surface area contributed by atoms with Crippen LogP contribution in [-0.4, -0.2) is 38.5 Å². The molecule has 7 nitrogen and oxygen atoms in total. The van der Waals surface area contributed by atoms with Crippen molar-refractivity contribution in [3.8, 4) is 5.69 Å². The Labute approximate surface area is 153 Å². The molecule has 0 saturated heterocycles. The Morgan fingerprint density at radius 3 is 2.38 bits per heavy atom. The first-order valence-corrected chi connectivity index (χ1v) is 8.79. The molecule has 1 amide bonds. The molecule has 2 N–H and O–H groups in total. The van der Waals surface area contributed by atoms with Gasteiger partial charge in [0.2, 0.25) is 0 Å². The van der Waals surface area contributed by atoms with Crippen LogP contribution in [0.1, 0.15) is 62.3 Å². The van der Waals surface area contributed by atoms with Crippen LogP contribution in [0.2, 0.25) is 0 Å². The maximum Gasteiger partial charge on any atom is 0.305 e. The fourth-order valence-corrected chi connectivity index (χ4v) is 2.62. The molecule has 2 rings (SSSR count). The van der Waals surface area contributed by atoms with E-state index in [1.165, 1.54) is 5.56 Å². The highest BCUT2D eigenvalue weighted by atomic mass is 16.4. The van der Waals surface area contributed by atoms with Crippen molar-refractivity contribution < 1.29 is 14.7 Å². The summed E-state index contributed by atoms with van der Waals surface area (Å²) in [7, 11) is 0. The van der Waals surface area contributed by atoms with Crippen LogP contribution < -0.4 is 5.32 Å². The number of carboxylic acid groups (broad SMARTS) is 1. The first-order valence-electron chi connectivity index (χ1n) is 8.79. The van der Waals surface area contributed by atoms with Gasteiger partial charge < -0.3 is 10.4 Å². The second-order valence-corrected chi connectivity index (χ2v) is 7.24. The number of carboxylic acids is 1. The van der Waals surface area contributed by atoms with Crippen LogP contribution in [0.15, 0.2) is 24.3 Å². The standard InChI is InChI=1S/C19H26N4O3/c1-5-6-15-17(18(26)20-12-11-16(24)25)21-22-23(15)14-9-7-13(8-10-14)19(2,3)4/h7-10H,5-6,11-12H2,1-4H3,(H,20,26)(H,24,25). The molecule has 0 bridgehead atoms. The number of hydrogen-bond acceptors (Lipinski definition) is 4. The number of aromatic nitrogens is 3. The maximum absolute atomic E-state index is 12.3. The molecule has 0 aliphatic rings. The lowest BCUT2D eigenvalue weighted by atomic mass is 9.87. The Morgan fingerprint density at radius 2 is 1.85 bits per heavy atom. The smallest absolute Gasteiger partial charge is 0.305 e. The van der Waals surface area contributed by atoms with Crippen molar-refractivity contribution in [2.45, 2.75) is 52.4 Å². The molecule has 0 unspecified atom stereocenters. The molecule has 0 spiro atoms.